The Labute approximate surface area is 91.5 Å². The number of rotatable bonds is 3. The predicted molar refractivity (Wildman–Crippen MR) is 58.4 cm³/mol. The lowest BCUT2D eigenvalue weighted by molar-refractivity contribution is 0.478. The predicted octanol–water partition coefficient (Wildman–Crippen LogP) is 4.02. The number of hydrogen-bond donors (Lipinski definition) is 0. The van der Waals surface area contributed by atoms with Gasteiger partial charge >= 0.3 is 0 Å². The average molecular weight is 217 g/mol. The lowest BCUT2D eigenvalue weighted by Crippen LogP contribution is -1.86. The highest BCUT2D eigenvalue weighted by atomic mass is 19.1. The number of hydrogen-bond acceptors (Lipinski definition) is 3. The Balaban J connectivity index is 2.35. The Morgan fingerprint density at radius 1 is 1.00 bits per heavy atom. The van der Waals surface area contributed by atoms with E-state index in [1.54, 1.807) is 24.3 Å². The SMILES string of the molecule is O=Nc1c(F)cccc1Oc1ccccc1. The van der Waals surface area contributed by atoms with Crippen molar-refractivity contribution in [3.8, 4) is 11.5 Å². The van der Waals surface area contributed by atoms with Crippen molar-refractivity contribution >= 4 is 5.69 Å². The Kier molecular flexibility index (Phi) is 2.91. The fourth-order valence-corrected chi connectivity index (χ4v) is 1.28. The molecular weight excluding hydrogens is 209 g/mol. The summed E-state index contributed by atoms with van der Waals surface area (Å²) >= 11 is 0. The second kappa shape index (κ2) is 4.53. The Bertz CT molecular complexity index is 500. The maximum atomic E-state index is 13.2. The van der Waals surface area contributed by atoms with E-state index >= 15 is 0 Å². The van der Waals surface area contributed by atoms with Gasteiger partial charge in [0.1, 0.15) is 5.75 Å². The van der Waals surface area contributed by atoms with Gasteiger partial charge < -0.3 is 4.74 Å². The summed E-state index contributed by atoms with van der Waals surface area (Å²) < 4.78 is 18.5. The van der Waals surface area contributed by atoms with Crippen LogP contribution in [0.1, 0.15) is 0 Å². The zero-order valence-electron chi connectivity index (χ0n) is 8.26. The van der Waals surface area contributed by atoms with Gasteiger partial charge in [0.2, 0.25) is 0 Å². The van der Waals surface area contributed by atoms with Crippen molar-refractivity contribution in [2.75, 3.05) is 0 Å². The van der Waals surface area contributed by atoms with Crippen LogP contribution in [0, 0.1) is 10.7 Å². The summed E-state index contributed by atoms with van der Waals surface area (Å²) in [7, 11) is 0. The molecule has 0 saturated heterocycles. The van der Waals surface area contributed by atoms with Crippen molar-refractivity contribution in [3.63, 3.8) is 0 Å². The molecule has 16 heavy (non-hydrogen) atoms. The first kappa shape index (κ1) is 10.3. The van der Waals surface area contributed by atoms with Crippen molar-refractivity contribution in [2.24, 2.45) is 5.18 Å². The molecule has 0 amide bonds. The monoisotopic (exact) mass is 217 g/mol. The lowest BCUT2D eigenvalue weighted by Gasteiger charge is -2.06. The molecule has 4 heteroatoms. The minimum absolute atomic E-state index is 0.112. The molecule has 3 nitrogen and oxygen atoms in total. The molecule has 0 aromatic heterocycles. The zero-order valence-corrected chi connectivity index (χ0v) is 8.26. The van der Waals surface area contributed by atoms with Crippen LogP contribution in [-0.2, 0) is 0 Å². The number of nitroso groups, excluding NO2 is 1. The van der Waals surface area contributed by atoms with Gasteiger partial charge in [-0.2, -0.15) is 0 Å². The Morgan fingerprint density at radius 2 is 1.75 bits per heavy atom. The normalized spacial score (nSPS) is 9.81. The Hall–Kier alpha value is -2.23. The van der Waals surface area contributed by atoms with E-state index in [1.165, 1.54) is 12.1 Å². The summed E-state index contributed by atoms with van der Waals surface area (Å²) in [6.45, 7) is 0. The fourth-order valence-electron chi connectivity index (χ4n) is 1.28. The van der Waals surface area contributed by atoms with Crippen molar-refractivity contribution in [1.29, 1.82) is 0 Å². The number of ether oxygens (including phenoxy) is 1. The molecule has 0 radical (unpaired) electrons. The van der Waals surface area contributed by atoms with E-state index in [1.807, 2.05) is 6.07 Å². The lowest BCUT2D eigenvalue weighted by atomic mass is 10.3. The van der Waals surface area contributed by atoms with Crippen molar-refractivity contribution in [3.05, 3.63) is 59.3 Å². The van der Waals surface area contributed by atoms with Crippen LogP contribution < -0.4 is 4.74 Å². The minimum Gasteiger partial charge on any atom is -0.455 e. The van der Waals surface area contributed by atoms with Crippen LogP contribution >= 0.6 is 0 Å². The fraction of sp³-hybridized carbons (Fsp3) is 0. The first-order chi connectivity index (χ1) is 7.81. The maximum Gasteiger partial charge on any atom is 0.186 e. The van der Waals surface area contributed by atoms with E-state index in [-0.39, 0.29) is 11.4 Å². The number of nitrogens with zero attached hydrogens (tertiary/aromatic N) is 1. The van der Waals surface area contributed by atoms with Crippen molar-refractivity contribution in [2.45, 2.75) is 0 Å². The third-order valence-corrected chi connectivity index (χ3v) is 2.01. The summed E-state index contributed by atoms with van der Waals surface area (Å²) in [6, 6.07) is 12.9. The molecule has 0 atom stereocenters. The van der Waals surface area contributed by atoms with Crippen molar-refractivity contribution < 1.29 is 9.13 Å². The molecule has 0 spiro atoms. The van der Waals surface area contributed by atoms with Crippen LogP contribution in [0.25, 0.3) is 0 Å². The van der Waals surface area contributed by atoms with Gasteiger partial charge in [-0.1, -0.05) is 24.3 Å². The highest BCUT2D eigenvalue weighted by molar-refractivity contribution is 5.53. The molecule has 2 rings (SSSR count). The third kappa shape index (κ3) is 2.06. The highest BCUT2D eigenvalue weighted by Gasteiger charge is 2.10. The molecule has 0 fully saturated rings. The van der Waals surface area contributed by atoms with Crippen LogP contribution in [0.5, 0.6) is 11.5 Å². The van der Waals surface area contributed by atoms with Gasteiger partial charge in [0.15, 0.2) is 17.3 Å². The van der Waals surface area contributed by atoms with Crippen LogP contribution in [0.4, 0.5) is 10.1 Å². The van der Waals surface area contributed by atoms with E-state index < -0.39 is 5.82 Å². The summed E-state index contributed by atoms with van der Waals surface area (Å²) in [5, 5.41) is 2.62. The van der Waals surface area contributed by atoms with Gasteiger partial charge in [-0.25, -0.2) is 4.39 Å². The number of halogens is 1. The molecule has 0 unspecified atom stereocenters. The summed E-state index contributed by atoms with van der Waals surface area (Å²) in [6.07, 6.45) is 0. The van der Waals surface area contributed by atoms with Gasteiger partial charge in [-0.3, -0.25) is 0 Å². The van der Waals surface area contributed by atoms with Crippen molar-refractivity contribution in [1.82, 2.24) is 0 Å². The van der Waals surface area contributed by atoms with Crippen LogP contribution in [-0.4, -0.2) is 0 Å². The molecule has 0 aliphatic rings. The third-order valence-electron chi connectivity index (χ3n) is 2.01. The molecular formula is C12H8FNO2. The minimum atomic E-state index is -0.691. The van der Waals surface area contributed by atoms with Crippen LogP contribution in [0.2, 0.25) is 0 Å². The standard InChI is InChI=1S/C12H8FNO2/c13-10-7-4-8-11(12(10)14-15)16-9-5-2-1-3-6-9/h1-8H. The van der Waals surface area contributed by atoms with E-state index in [2.05, 4.69) is 5.18 Å². The highest BCUT2D eigenvalue weighted by Crippen LogP contribution is 2.33. The molecule has 0 N–H and O–H groups in total. The van der Waals surface area contributed by atoms with Gasteiger partial charge in [0.25, 0.3) is 0 Å². The topological polar surface area (TPSA) is 38.7 Å². The quantitative estimate of drug-likeness (QED) is 0.728. The van der Waals surface area contributed by atoms with E-state index in [9.17, 15) is 9.30 Å². The maximum absolute atomic E-state index is 13.2. The zero-order chi connectivity index (χ0) is 11.4. The van der Waals surface area contributed by atoms with Gasteiger partial charge in [0, 0.05) is 0 Å². The average Bonchev–Trinajstić information content (AvgIpc) is 2.31. The summed E-state index contributed by atoms with van der Waals surface area (Å²) in [5.74, 6) is -0.0531. The van der Waals surface area contributed by atoms with Gasteiger partial charge in [-0.15, -0.1) is 4.91 Å². The molecule has 0 aliphatic heterocycles. The molecule has 0 saturated carbocycles. The van der Waals surface area contributed by atoms with E-state index in [0.717, 1.165) is 6.07 Å². The second-order valence-electron chi connectivity index (χ2n) is 3.09. The Morgan fingerprint density at radius 3 is 2.44 bits per heavy atom. The molecule has 2 aromatic carbocycles. The molecule has 0 aliphatic carbocycles. The van der Waals surface area contributed by atoms with Crippen LogP contribution in [0.3, 0.4) is 0 Å². The summed E-state index contributed by atoms with van der Waals surface area (Å²) in [5.41, 5.74) is -0.314. The van der Waals surface area contributed by atoms with Gasteiger partial charge in [-0.05, 0) is 29.4 Å². The van der Waals surface area contributed by atoms with Gasteiger partial charge in [0.05, 0.1) is 0 Å². The second-order valence-corrected chi connectivity index (χ2v) is 3.09. The summed E-state index contributed by atoms with van der Waals surface area (Å²) in [4.78, 5) is 10.5. The van der Waals surface area contributed by atoms with E-state index in [0.29, 0.717) is 5.75 Å². The number of para-hydroxylation sites is 1. The first-order valence-electron chi connectivity index (χ1n) is 4.66. The van der Waals surface area contributed by atoms with E-state index in [4.69, 9.17) is 4.74 Å². The number of benzene rings is 2. The first-order valence-corrected chi connectivity index (χ1v) is 4.66. The van der Waals surface area contributed by atoms with Crippen LogP contribution in [0.15, 0.2) is 53.7 Å². The smallest absolute Gasteiger partial charge is 0.186 e. The molecule has 80 valence electrons. The largest absolute Gasteiger partial charge is 0.455 e. The molecule has 2 aromatic rings. The molecule has 0 heterocycles. The molecule has 0 bridgehead atoms.